The Morgan fingerprint density at radius 1 is 0.950 bits per heavy atom. The lowest BCUT2D eigenvalue weighted by molar-refractivity contribution is 0.0274. The number of fused-ring (bicyclic) bond motifs is 1. The van der Waals surface area contributed by atoms with Gasteiger partial charge in [0.05, 0.1) is 11.9 Å². The molecule has 0 radical (unpaired) electrons. The molecule has 5 heterocycles. The summed E-state index contributed by atoms with van der Waals surface area (Å²) >= 11 is 0. The molecule has 0 unspecified atom stereocenters. The molecule has 2 amide bonds. The summed E-state index contributed by atoms with van der Waals surface area (Å²) < 4.78 is 7.34. The van der Waals surface area contributed by atoms with Crippen LogP contribution in [0.3, 0.4) is 0 Å². The molecular weight excluding hydrogens is 504 g/mol. The average Bonchev–Trinajstić information content (AvgIpc) is 3.70. The van der Waals surface area contributed by atoms with Gasteiger partial charge in [-0.25, -0.2) is 14.3 Å². The molecule has 9 nitrogen and oxygen atoms in total. The van der Waals surface area contributed by atoms with Gasteiger partial charge in [-0.3, -0.25) is 4.79 Å². The van der Waals surface area contributed by atoms with Crippen molar-refractivity contribution in [2.24, 2.45) is 5.41 Å². The lowest BCUT2D eigenvalue weighted by Gasteiger charge is -2.27. The normalized spacial score (nSPS) is 25.0. The molecule has 3 aliphatic heterocycles. The molecule has 0 bridgehead atoms. The van der Waals surface area contributed by atoms with Gasteiger partial charge >= 0.3 is 6.09 Å². The summed E-state index contributed by atoms with van der Waals surface area (Å²) in [6, 6.07) is 12.9. The van der Waals surface area contributed by atoms with E-state index in [-0.39, 0.29) is 28.7 Å². The van der Waals surface area contributed by atoms with Gasteiger partial charge in [0.15, 0.2) is 5.65 Å². The maximum Gasteiger partial charge on any atom is 0.410 e. The number of rotatable bonds is 3. The number of carbonyl (C=O) groups is 2. The number of hydrogen-bond donors (Lipinski definition) is 0. The van der Waals surface area contributed by atoms with Crippen LogP contribution in [0.1, 0.15) is 68.7 Å². The fourth-order valence-corrected chi connectivity index (χ4v) is 6.65. The maximum atomic E-state index is 13.5. The number of pyridine rings is 1. The second-order valence-electron chi connectivity index (χ2n) is 13.3. The molecule has 0 saturated carbocycles. The molecule has 0 aliphatic carbocycles. The largest absolute Gasteiger partial charge is 0.444 e. The second-order valence-corrected chi connectivity index (χ2v) is 13.3. The number of anilines is 1. The van der Waals surface area contributed by atoms with Crippen LogP contribution >= 0.6 is 0 Å². The Balaban J connectivity index is 1.15. The van der Waals surface area contributed by atoms with Crippen molar-refractivity contribution in [2.75, 3.05) is 44.2 Å². The summed E-state index contributed by atoms with van der Waals surface area (Å²) in [6.45, 7) is 14.4. The molecule has 6 rings (SSSR count). The maximum absolute atomic E-state index is 13.5. The third kappa shape index (κ3) is 4.90. The molecule has 3 fully saturated rings. The summed E-state index contributed by atoms with van der Waals surface area (Å²) in [5, 5.41) is 4.65. The van der Waals surface area contributed by atoms with Crippen LogP contribution in [0.4, 0.5) is 10.5 Å². The first-order valence-electron chi connectivity index (χ1n) is 14.4. The van der Waals surface area contributed by atoms with Crippen molar-refractivity contribution in [1.82, 2.24) is 24.4 Å². The Hall–Kier alpha value is -3.62. The molecule has 9 heteroatoms. The molecular formula is C31H40N6O3. The number of ether oxygens (including phenoxy) is 1. The van der Waals surface area contributed by atoms with E-state index in [0.717, 1.165) is 43.6 Å². The molecule has 2 atom stereocenters. The number of nitrogens with zero attached hydrogens (tertiary/aromatic N) is 6. The standard InChI is InChI=1S/C31H40N6O3/c1-22-17-24(34-14-11-30(5,19-34)23-9-7-6-8-10-23)18-37-26(22)32-25(33-37)27(38)35-15-12-31(20-35)13-16-36(21-31)28(39)40-29(2,3)4/h6-10,17-18H,11-16,19-21H2,1-5H3/t30-,31+/m0/s1. The minimum Gasteiger partial charge on any atom is -0.444 e. The van der Waals surface area contributed by atoms with E-state index >= 15 is 0 Å². The number of amides is 2. The van der Waals surface area contributed by atoms with E-state index in [2.05, 4.69) is 58.3 Å². The quantitative estimate of drug-likeness (QED) is 0.476. The molecule has 212 valence electrons. The second kappa shape index (κ2) is 9.49. The van der Waals surface area contributed by atoms with Crippen molar-refractivity contribution in [3.63, 3.8) is 0 Å². The van der Waals surface area contributed by atoms with Gasteiger partial charge in [-0.1, -0.05) is 37.3 Å². The zero-order valence-corrected chi connectivity index (χ0v) is 24.3. The smallest absolute Gasteiger partial charge is 0.410 e. The Kier molecular flexibility index (Phi) is 6.31. The molecule has 1 spiro atoms. The third-order valence-corrected chi connectivity index (χ3v) is 8.92. The van der Waals surface area contributed by atoms with Crippen LogP contribution in [0, 0.1) is 12.3 Å². The van der Waals surface area contributed by atoms with Gasteiger partial charge < -0.3 is 19.4 Å². The van der Waals surface area contributed by atoms with Crippen LogP contribution in [0.25, 0.3) is 5.65 Å². The Labute approximate surface area is 236 Å². The van der Waals surface area contributed by atoms with Crippen LogP contribution < -0.4 is 4.90 Å². The van der Waals surface area contributed by atoms with Gasteiger partial charge in [-0.05, 0) is 64.2 Å². The number of hydrogen-bond acceptors (Lipinski definition) is 6. The van der Waals surface area contributed by atoms with Crippen LogP contribution in [-0.2, 0) is 10.2 Å². The molecule has 3 aromatic rings. The minimum atomic E-state index is -0.520. The van der Waals surface area contributed by atoms with E-state index in [1.54, 1.807) is 9.42 Å². The number of carbonyl (C=O) groups excluding carboxylic acids is 2. The van der Waals surface area contributed by atoms with Gasteiger partial charge in [-0.2, -0.15) is 0 Å². The van der Waals surface area contributed by atoms with E-state index in [1.165, 1.54) is 5.56 Å². The summed E-state index contributed by atoms with van der Waals surface area (Å²) in [4.78, 5) is 36.8. The van der Waals surface area contributed by atoms with Crippen molar-refractivity contribution in [2.45, 2.75) is 64.9 Å². The van der Waals surface area contributed by atoms with Gasteiger partial charge in [0.2, 0.25) is 5.82 Å². The number of aromatic nitrogens is 3. The lowest BCUT2D eigenvalue weighted by Crippen LogP contribution is -2.38. The van der Waals surface area contributed by atoms with E-state index in [9.17, 15) is 9.59 Å². The first-order valence-corrected chi connectivity index (χ1v) is 14.4. The summed E-state index contributed by atoms with van der Waals surface area (Å²) in [5.74, 6) is 0.0879. The highest BCUT2D eigenvalue weighted by Crippen LogP contribution is 2.40. The number of likely N-dealkylation sites (tertiary alicyclic amines) is 2. The van der Waals surface area contributed by atoms with E-state index in [1.807, 2.05) is 38.8 Å². The molecule has 40 heavy (non-hydrogen) atoms. The van der Waals surface area contributed by atoms with Crippen molar-refractivity contribution in [1.29, 1.82) is 0 Å². The van der Waals surface area contributed by atoms with E-state index < -0.39 is 5.60 Å². The minimum absolute atomic E-state index is 0.0873. The van der Waals surface area contributed by atoms with Crippen LogP contribution in [0.5, 0.6) is 0 Å². The molecule has 1 aromatic carbocycles. The molecule has 3 aliphatic rings. The zero-order valence-electron chi connectivity index (χ0n) is 24.3. The van der Waals surface area contributed by atoms with Crippen LogP contribution in [-0.4, -0.2) is 81.3 Å². The predicted molar refractivity (Wildman–Crippen MR) is 154 cm³/mol. The fraction of sp³-hybridized carbons (Fsp3) is 0.548. The fourth-order valence-electron chi connectivity index (χ4n) is 6.65. The Morgan fingerprint density at radius 2 is 1.65 bits per heavy atom. The molecule has 3 saturated heterocycles. The highest BCUT2D eigenvalue weighted by Gasteiger charge is 2.47. The number of benzene rings is 1. The van der Waals surface area contributed by atoms with Gasteiger partial charge in [0.25, 0.3) is 5.91 Å². The van der Waals surface area contributed by atoms with Crippen molar-refractivity contribution >= 4 is 23.3 Å². The van der Waals surface area contributed by atoms with Crippen molar-refractivity contribution < 1.29 is 14.3 Å². The van der Waals surface area contributed by atoms with E-state index in [4.69, 9.17) is 4.74 Å². The third-order valence-electron chi connectivity index (χ3n) is 8.92. The predicted octanol–water partition coefficient (Wildman–Crippen LogP) is 4.68. The number of aryl methyl sites for hydroxylation is 1. The van der Waals surface area contributed by atoms with Gasteiger partial charge in [-0.15, -0.1) is 5.10 Å². The van der Waals surface area contributed by atoms with Crippen molar-refractivity contribution in [3.8, 4) is 0 Å². The first-order chi connectivity index (χ1) is 18.9. The topological polar surface area (TPSA) is 83.3 Å². The van der Waals surface area contributed by atoms with E-state index in [0.29, 0.717) is 31.8 Å². The average molecular weight is 545 g/mol. The zero-order chi connectivity index (χ0) is 28.3. The van der Waals surface area contributed by atoms with Gasteiger partial charge in [0.1, 0.15) is 5.60 Å². The van der Waals surface area contributed by atoms with Crippen LogP contribution in [0.2, 0.25) is 0 Å². The SMILES string of the molecule is Cc1cc(N2CC[C@](C)(c3ccccc3)C2)cn2nc(C(=O)N3CC[C@@]4(CCN(C(=O)OC(C)(C)C)C4)C3)nc12. The lowest BCUT2D eigenvalue weighted by atomic mass is 9.82. The van der Waals surface area contributed by atoms with Crippen LogP contribution in [0.15, 0.2) is 42.6 Å². The van der Waals surface area contributed by atoms with Gasteiger partial charge in [0, 0.05) is 50.1 Å². The first kappa shape index (κ1) is 26.6. The molecule has 0 N–H and O–H groups in total. The van der Waals surface area contributed by atoms with Crippen molar-refractivity contribution in [3.05, 3.63) is 59.5 Å². The highest BCUT2D eigenvalue weighted by atomic mass is 16.6. The summed E-state index contributed by atoms with van der Waals surface area (Å²) in [6.07, 6.45) is 4.55. The summed E-state index contributed by atoms with van der Waals surface area (Å²) in [5.41, 5.74) is 3.66. The highest BCUT2D eigenvalue weighted by molar-refractivity contribution is 5.91. The Morgan fingerprint density at radius 3 is 2.38 bits per heavy atom. The summed E-state index contributed by atoms with van der Waals surface area (Å²) in [7, 11) is 0. The Bertz CT molecular complexity index is 1450. The monoisotopic (exact) mass is 544 g/mol. The molecule has 2 aromatic heterocycles.